The number of rotatable bonds is 7. The van der Waals surface area contributed by atoms with Gasteiger partial charge in [0.05, 0.1) is 25.0 Å². The number of hydrogen-bond acceptors (Lipinski definition) is 7. The van der Waals surface area contributed by atoms with Crippen LogP contribution in [-0.4, -0.2) is 44.9 Å². The lowest BCUT2D eigenvalue weighted by molar-refractivity contribution is -0.113. The van der Waals surface area contributed by atoms with E-state index in [1.807, 2.05) is 0 Å². The van der Waals surface area contributed by atoms with Crippen molar-refractivity contribution in [1.29, 1.82) is 0 Å². The summed E-state index contributed by atoms with van der Waals surface area (Å²) in [5, 5.41) is 14.5. The van der Waals surface area contributed by atoms with Crippen LogP contribution < -0.4 is 5.32 Å². The number of tetrazole rings is 1. The van der Waals surface area contributed by atoms with Gasteiger partial charge in [-0.05, 0) is 34.7 Å². The van der Waals surface area contributed by atoms with E-state index in [1.54, 1.807) is 35.0 Å². The smallest absolute Gasteiger partial charge is 0.337 e. The quantitative estimate of drug-likeness (QED) is 0.464. The molecule has 0 unspecified atom stereocenters. The van der Waals surface area contributed by atoms with Crippen molar-refractivity contribution >= 4 is 29.3 Å². The molecular weight excluding hydrogens is 318 g/mol. The van der Waals surface area contributed by atoms with E-state index >= 15 is 0 Å². The van der Waals surface area contributed by atoms with Gasteiger partial charge in [-0.1, -0.05) is 17.8 Å². The highest BCUT2D eigenvalue weighted by Gasteiger charge is 2.10. The molecule has 9 heteroatoms. The third-order valence-electron chi connectivity index (χ3n) is 2.72. The Labute approximate surface area is 136 Å². The van der Waals surface area contributed by atoms with Gasteiger partial charge in [0.25, 0.3) is 0 Å². The topological polar surface area (TPSA) is 99.0 Å². The van der Waals surface area contributed by atoms with Crippen molar-refractivity contribution in [3.63, 3.8) is 0 Å². The predicted molar refractivity (Wildman–Crippen MR) is 85.1 cm³/mol. The molecule has 1 heterocycles. The molecule has 0 spiro atoms. The summed E-state index contributed by atoms with van der Waals surface area (Å²) in [6.07, 6.45) is 1.67. The van der Waals surface area contributed by atoms with E-state index in [4.69, 9.17) is 0 Å². The molecule has 0 fully saturated rings. The van der Waals surface area contributed by atoms with Gasteiger partial charge in [-0.25, -0.2) is 9.48 Å². The van der Waals surface area contributed by atoms with Crippen LogP contribution >= 0.6 is 11.8 Å². The van der Waals surface area contributed by atoms with Gasteiger partial charge < -0.3 is 10.1 Å². The van der Waals surface area contributed by atoms with Crippen LogP contribution in [0.3, 0.4) is 0 Å². The largest absolute Gasteiger partial charge is 0.465 e. The number of nitrogens with one attached hydrogen (secondary N) is 1. The Morgan fingerprint density at radius 2 is 2.13 bits per heavy atom. The normalized spacial score (nSPS) is 10.1. The van der Waals surface area contributed by atoms with Gasteiger partial charge >= 0.3 is 5.97 Å². The number of thioether (sulfide) groups is 1. The van der Waals surface area contributed by atoms with Gasteiger partial charge in [-0.15, -0.1) is 11.7 Å². The molecule has 23 heavy (non-hydrogen) atoms. The molecule has 0 saturated heterocycles. The molecule has 0 aliphatic carbocycles. The van der Waals surface area contributed by atoms with Crippen molar-refractivity contribution in [1.82, 2.24) is 20.2 Å². The van der Waals surface area contributed by atoms with E-state index in [2.05, 4.69) is 32.2 Å². The Balaban J connectivity index is 1.88. The first kappa shape index (κ1) is 16.7. The number of allylic oxidation sites excluding steroid dienone is 1. The van der Waals surface area contributed by atoms with Crippen molar-refractivity contribution in [3.05, 3.63) is 42.5 Å². The Morgan fingerprint density at radius 3 is 2.78 bits per heavy atom. The third kappa shape index (κ3) is 4.65. The van der Waals surface area contributed by atoms with E-state index in [0.717, 1.165) is 0 Å². The van der Waals surface area contributed by atoms with Crippen molar-refractivity contribution in [2.75, 3.05) is 18.2 Å². The highest BCUT2D eigenvalue weighted by atomic mass is 32.2. The number of anilines is 1. The molecule has 2 aromatic rings. The first-order chi connectivity index (χ1) is 11.1. The van der Waals surface area contributed by atoms with E-state index in [0.29, 0.717) is 23.0 Å². The van der Waals surface area contributed by atoms with Gasteiger partial charge in [0.2, 0.25) is 11.1 Å². The van der Waals surface area contributed by atoms with Gasteiger partial charge in [-0.2, -0.15) is 0 Å². The van der Waals surface area contributed by atoms with Gasteiger partial charge in [0.15, 0.2) is 0 Å². The molecule has 1 N–H and O–H groups in total. The zero-order valence-corrected chi connectivity index (χ0v) is 13.2. The van der Waals surface area contributed by atoms with Crippen molar-refractivity contribution < 1.29 is 14.3 Å². The number of esters is 1. The molecule has 1 amide bonds. The summed E-state index contributed by atoms with van der Waals surface area (Å²) in [5.41, 5.74) is 1.01. The molecule has 0 radical (unpaired) electrons. The summed E-state index contributed by atoms with van der Waals surface area (Å²) in [6.45, 7) is 4.09. The first-order valence-electron chi connectivity index (χ1n) is 6.62. The minimum Gasteiger partial charge on any atom is -0.465 e. The maximum Gasteiger partial charge on any atom is 0.337 e. The second-order valence-corrected chi connectivity index (χ2v) is 5.28. The highest BCUT2D eigenvalue weighted by Crippen LogP contribution is 2.15. The average molecular weight is 333 g/mol. The van der Waals surface area contributed by atoms with Crippen LogP contribution in [0.25, 0.3) is 0 Å². The number of methoxy groups -OCH3 is 1. The van der Waals surface area contributed by atoms with E-state index in [9.17, 15) is 9.59 Å². The van der Waals surface area contributed by atoms with Crippen molar-refractivity contribution in [2.45, 2.75) is 11.7 Å². The van der Waals surface area contributed by atoms with Crippen molar-refractivity contribution in [2.24, 2.45) is 0 Å². The molecule has 1 aromatic heterocycles. The molecule has 2 rings (SSSR count). The minimum absolute atomic E-state index is 0.163. The van der Waals surface area contributed by atoms with Crippen molar-refractivity contribution in [3.8, 4) is 0 Å². The van der Waals surface area contributed by atoms with E-state index in [-0.39, 0.29) is 11.7 Å². The molecule has 0 saturated carbocycles. The highest BCUT2D eigenvalue weighted by molar-refractivity contribution is 7.99. The molecule has 0 aliphatic rings. The Bertz CT molecular complexity index is 699. The number of aromatic nitrogens is 4. The molecule has 120 valence electrons. The molecule has 8 nitrogen and oxygen atoms in total. The fourth-order valence-electron chi connectivity index (χ4n) is 1.67. The van der Waals surface area contributed by atoms with Crippen LogP contribution in [0, 0.1) is 0 Å². The fourth-order valence-corrected chi connectivity index (χ4v) is 2.36. The summed E-state index contributed by atoms with van der Waals surface area (Å²) in [6, 6.07) is 6.44. The van der Waals surface area contributed by atoms with Crippen LogP contribution in [0.15, 0.2) is 42.1 Å². The molecule has 0 bridgehead atoms. The Kier molecular flexibility index (Phi) is 5.87. The monoisotopic (exact) mass is 333 g/mol. The number of benzene rings is 1. The standard InChI is InChI=1S/C14H15N5O3S/c1-3-8-19-14(16-17-18-19)23-9-12(20)15-11-6-4-10(5-7-11)13(21)22-2/h3-7H,1,8-9H2,2H3,(H,15,20). The zero-order chi connectivity index (χ0) is 16.7. The zero-order valence-electron chi connectivity index (χ0n) is 12.4. The van der Waals surface area contributed by atoms with Crippen LogP contribution in [0.5, 0.6) is 0 Å². The molecule has 1 aromatic carbocycles. The number of carbonyl (C=O) groups excluding carboxylic acids is 2. The maximum atomic E-state index is 11.9. The van der Waals surface area contributed by atoms with E-state index in [1.165, 1.54) is 18.9 Å². The third-order valence-corrected chi connectivity index (χ3v) is 3.68. The number of amides is 1. The SMILES string of the molecule is C=CCn1nnnc1SCC(=O)Nc1ccc(C(=O)OC)cc1. The first-order valence-corrected chi connectivity index (χ1v) is 7.60. The van der Waals surface area contributed by atoms with Crippen LogP contribution in [0.1, 0.15) is 10.4 Å². The lowest BCUT2D eigenvalue weighted by Gasteiger charge is -2.06. The average Bonchev–Trinajstić information content (AvgIpc) is 3.00. The summed E-state index contributed by atoms with van der Waals surface area (Å²) in [5.74, 6) is -0.461. The van der Waals surface area contributed by atoms with Crippen LogP contribution in [0.2, 0.25) is 0 Å². The predicted octanol–water partition coefficient (Wildman–Crippen LogP) is 1.38. The van der Waals surface area contributed by atoms with Crippen LogP contribution in [0.4, 0.5) is 5.69 Å². The summed E-state index contributed by atoms with van der Waals surface area (Å²) < 4.78 is 6.16. The fraction of sp³-hybridized carbons (Fsp3) is 0.214. The van der Waals surface area contributed by atoms with Gasteiger partial charge in [-0.3, -0.25) is 4.79 Å². The molecule has 0 atom stereocenters. The van der Waals surface area contributed by atoms with Gasteiger partial charge in [0.1, 0.15) is 0 Å². The van der Waals surface area contributed by atoms with Gasteiger partial charge in [0, 0.05) is 5.69 Å². The Hall–Kier alpha value is -2.68. The maximum absolute atomic E-state index is 11.9. The number of ether oxygens (including phenoxy) is 1. The molecular formula is C14H15N5O3S. The lowest BCUT2D eigenvalue weighted by Crippen LogP contribution is -2.15. The Morgan fingerprint density at radius 1 is 1.39 bits per heavy atom. The second-order valence-electron chi connectivity index (χ2n) is 4.34. The van der Waals surface area contributed by atoms with Crippen LogP contribution in [-0.2, 0) is 16.1 Å². The number of hydrogen-bond donors (Lipinski definition) is 1. The summed E-state index contributed by atoms with van der Waals surface area (Å²) in [4.78, 5) is 23.3. The summed E-state index contributed by atoms with van der Waals surface area (Å²) >= 11 is 1.23. The minimum atomic E-state index is -0.424. The van der Waals surface area contributed by atoms with E-state index < -0.39 is 5.97 Å². The summed E-state index contributed by atoms with van der Waals surface area (Å²) in [7, 11) is 1.31. The lowest BCUT2D eigenvalue weighted by atomic mass is 10.2. The molecule has 0 aliphatic heterocycles. The number of nitrogens with zero attached hydrogens (tertiary/aromatic N) is 4. The second kappa shape index (κ2) is 8.08. The number of carbonyl (C=O) groups is 2.